The first-order valence-corrected chi connectivity index (χ1v) is 8.88. The van der Waals surface area contributed by atoms with Crippen molar-refractivity contribution in [1.82, 2.24) is 5.32 Å². The third kappa shape index (κ3) is 4.76. The molecule has 0 saturated carbocycles. The molecule has 0 spiro atoms. The van der Waals surface area contributed by atoms with Crippen molar-refractivity contribution < 1.29 is 9.59 Å². The minimum Gasteiger partial charge on any atom is -0.348 e. The zero-order valence-electron chi connectivity index (χ0n) is 14.8. The van der Waals surface area contributed by atoms with Crippen LogP contribution < -0.4 is 10.6 Å². The molecule has 0 fully saturated rings. The Morgan fingerprint density at radius 1 is 0.893 bits per heavy atom. The van der Waals surface area contributed by atoms with Gasteiger partial charge in [0.05, 0.1) is 11.6 Å². The number of benzene rings is 3. The Hall–Kier alpha value is -3.62. The van der Waals surface area contributed by atoms with Crippen LogP contribution >= 0.6 is 11.6 Å². The molecule has 138 valence electrons. The molecule has 0 bridgehead atoms. The predicted molar refractivity (Wildman–Crippen MR) is 108 cm³/mol. The summed E-state index contributed by atoms with van der Waals surface area (Å²) in [4.78, 5) is 24.9. The van der Waals surface area contributed by atoms with Crippen LogP contribution in [0.3, 0.4) is 0 Å². The first kappa shape index (κ1) is 19.2. The monoisotopic (exact) mass is 389 g/mol. The van der Waals surface area contributed by atoms with Crippen molar-refractivity contribution in [3.05, 3.63) is 100 Å². The van der Waals surface area contributed by atoms with Gasteiger partial charge in [0.2, 0.25) is 0 Å². The highest BCUT2D eigenvalue weighted by Gasteiger charge is 2.11. The number of carbonyl (C=O) groups is 2. The van der Waals surface area contributed by atoms with E-state index in [4.69, 9.17) is 16.9 Å². The molecule has 0 heterocycles. The number of carbonyl (C=O) groups excluding carboxylic acids is 2. The summed E-state index contributed by atoms with van der Waals surface area (Å²) in [6.07, 6.45) is 0. The molecule has 0 saturated heterocycles. The minimum atomic E-state index is -0.342. The highest BCUT2D eigenvalue weighted by Crippen LogP contribution is 2.15. The lowest BCUT2D eigenvalue weighted by Crippen LogP contribution is -2.23. The number of amides is 2. The van der Waals surface area contributed by atoms with E-state index in [0.29, 0.717) is 33.9 Å². The van der Waals surface area contributed by atoms with Crippen molar-refractivity contribution in [3.63, 3.8) is 0 Å². The van der Waals surface area contributed by atoms with Gasteiger partial charge >= 0.3 is 0 Å². The van der Waals surface area contributed by atoms with Crippen molar-refractivity contribution in [1.29, 1.82) is 5.26 Å². The zero-order chi connectivity index (χ0) is 19.9. The Bertz CT molecular complexity index is 1060. The van der Waals surface area contributed by atoms with E-state index in [1.165, 1.54) is 6.07 Å². The van der Waals surface area contributed by atoms with Crippen LogP contribution in [0.25, 0.3) is 0 Å². The fraction of sp³-hybridized carbons (Fsp3) is 0.0455. The minimum absolute atomic E-state index is 0.292. The standard InChI is InChI=1S/C22H16ClN3O2/c23-20-7-2-1-4-18(20)14-25-21(27)16-5-3-6-17(12-16)22(28)26-19-10-8-15(13-24)9-11-19/h1-12H,14H2,(H,25,27)(H,26,28). The Kier molecular flexibility index (Phi) is 6.05. The van der Waals surface area contributed by atoms with Crippen molar-refractivity contribution >= 4 is 29.1 Å². The van der Waals surface area contributed by atoms with Crippen LogP contribution in [0.2, 0.25) is 5.02 Å². The average Bonchev–Trinajstić information content (AvgIpc) is 2.73. The normalized spacial score (nSPS) is 10.0. The predicted octanol–water partition coefficient (Wildman–Crippen LogP) is 4.39. The fourth-order valence-electron chi connectivity index (χ4n) is 2.55. The largest absolute Gasteiger partial charge is 0.348 e. The van der Waals surface area contributed by atoms with Crippen molar-refractivity contribution in [2.75, 3.05) is 5.32 Å². The Labute approximate surface area is 167 Å². The smallest absolute Gasteiger partial charge is 0.255 e. The number of halogens is 1. The summed E-state index contributed by atoms with van der Waals surface area (Å²) in [5.74, 6) is -0.640. The molecule has 3 rings (SSSR count). The Morgan fingerprint density at radius 2 is 1.57 bits per heavy atom. The maximum absolute atomic E-state index is 12.4. The summed E-state index contributed by atoms with van der Waals surface area (Å²) in [5.41, 5.74) is 2.62. The van der Waals surface area contributed by atoms with E-state index in [0.717, 1.165) is 5.56 Å². The van der Waals surface area contributed by atoms with Crippen molar-refractivity contribution in [3.8, 4) is 6.07 Å². The van der Waals surface area contributed by atoms with Crippen LogP contribution in [0.4, 0.5) is 5.69 Å². The number of rotatable bonds is 5. The average molecular weight is 390 g/mol. The summed E-state index contributed by atoms with van der Waals surface area (Å²) < 4.78 is 0. The van der Waals surface area contributed by atoms with E-state index in [-0.39, 0.29) is 11.8 Å². The van der Waals surface area contributed by atoms with Crippen LogP contribution in [0, 0.1) is 11.3 Å². The maximum atomic E-state index is 12.4. The first-order chi connectivity index (χ1) is 13.6. The summed E-state index contributed by atoms with van der Waals surface area (Å²) in [7, 11) is 0. The highest BCUT2D eigenvalue weighted by atomic mass is 35.5. The topological polar surface area (TPSA) is 82.0 Å². The van der Waals surface area contributed by atoms with E-state index in [1.54, 1.807) is 48.5 Å². The van der Waals surface area contributed by atoms with Crippen LogP contribution in [0.5, 0.6) is 0 Å². The van der Waals surface area contributed by atoms with Gasteiger partial charge in [0.15, 0.2) is 0 Å². The maximum Gasteiger partial charge on any atom is 0.255 e. The van der Waals surface area contributed by atoms with Gasteiger partial charge in [-0.2, -0.15) is 5.26 Å². The van der Waals surface area contributed by atoms with Gasteiger partial charge in [0.25, 0.3) is 11.8 Å². The number of nitriles is 1. The second-order valence-electron chi connectivity index (χ2n) is 6.00. The number of nitrogens with one attached hydrogen (secondary N) is 2. The summed E-state index contributed by atoms with van der Waals surface area (Å²) in [6.45, 7) is 0.292. The molecular formula is C22H16ClN3O2. The number of anilines is 1. The van der Waals surface area contributed by atoms with E-state index < -0.39 is 0 Å². The van der Waals surface area contributed by atoms with Crippen LogP contribution in [0.1, 0.15) is 31.8 Å². The molecule has 0 atom stereocenters. The molecule has 0 aliphatic carbocycles. The van der Waals surface area contributed by atoms with Gasteiger partial charge in [-0.15, -0.1) is 0 Å². The van der Waals surface area contributed by atoms with Crippen LogP contribution in [0.15, 0.2) is 72.8 Å². The molecule has 3 aromatic rings. The summed E-state index contributed by atoms with van der Waals surface area (Å²) in [6, 6.07) is 22.3. The molecule has 0 aliphatic heterocycles. The third-order valence-corrected chi connectivity index (χ3v) is 4.42. The Balaban J connectivity index is 1.67. The van der Waals surface area contributed by atoms with Crippen molar-refractivity contribution in [2.45, 2.75) is 6.54 Å². The molecule has 5 nitrogen and oxygen atoms in total. The first-order valence-electron chi connectivity index (χ1n) is 8.50. The lowest BCUT2D eigenvalue weighted by molar-refractivity contribution is 0.0951. The van der Waals surface area contributed by atoms with Crippen LogP contribution in [-0.4, -0.2) is 11.8 Å². The number of hydrogen-bond donors (Lipinski definition) is 2. The van der Waals surface area contributed by atoms with Gasteiger partial charge in [-0.05, 0) is 54.1 Å². The molecule has 0 radical (unpaired) electrons. The molecule has 28 heavy (non-hydrogen) atoms. The fourth-order valence-corrected chi connectivity index (χ4v) is 2.75. The molecule has 0 aromatic heterocycles. The molecular weight excluding hydrogens is 374 g/mol. The molecule has 0 unspecified atom stereocenters. The Morgan fingerprint density at radius 3 is 2.25 bits per heavy atom. The molecule has 3 aromatic carbocycles. The van der Waals surface area contributed by atoms with Gasteiger partial charge in [-0.3, -0.25) is 9.59 Å². The SMILES string of the molecule is N#Cc1ccc(NC(=O)c2cccc(C(=O)NCc3ccccc3Cl)c2)cc1. The lowest BCUT2D eigenvalue weighted by atomic mass is 10.1. The second kappa shape index (κ2) is 8.85. The second-order valence-corrected chi connectivity index (χ2v) is 6.41. The molecule has 0 aliphatic rings. The highest BCUT2D eigenvalue weighted by molar-refractivity contribution is 6.31. The van der Waals surface area contributed by atoms with E-state index in [2.05, 4.69) is 10.6 Å². The zero-order valence-corrected chi connectivity index (χ0v) is 15.5. The van der Waals surface area contributed by atoms with Gasteiger partial charge in [-0.1, -0.05) is 35.9 Å². The van der Waals surface area contributed by atoms with Gasteiger partial charge in [0, 0.05) is 28.4 Å². The van der Waals surface area contributed by atoms with Gasteiger partial charge < -0.3 is 10.6 Å². The summed E-state index contributed by atoms with van der Waals surface area (Å²) >= 11 is 6.09. The third-order valence-electron chi connectivity index (χ3n) is 4.06. The van der Waals surface area contributed by atoms with E-state index in [1.807, 2.05) is 24.3 Å². The van der Waals surface area contributed by atoms with Gasteiger partial charge in [0.1, 0.15) is 0 Å². The molecule has 2 N–H and O–H groups in total. The van der Waals surface area contributed by atoms with E-state index >= 15 is 0 Å². The molecule has 6 heteroatoms. The van der Waals surface area contributed by atoms with Crippen molar-refractivity contribution in [2.24, 2.45) is 0 Å². The number of hydrogen-bond acceptors (Lipinski definition) is 3. The lowest BCUT2D eigenvalue weighted by Gasteiger charge is -2.09. The van der Waals surface area contributed by atoms with Gasteiger partial charge in [-0.25, -0.2) is 0 Å². The quantitative estimate of drug-likeness (QED) is 0.678. The van der Waals surface area contributed by atoms with Crippen LogP contribution in [-0.2, 0) is 6.54 Å². The van der Waals surface area contributed by atoms with E-state index in [9.17, 15) is 9.59 Å². The number of nitrogens with zero attached hydrogens (tertiary/aromatic N) is 1. The molecule has 2 amide bonds. The summed E-state index contributed by atoms with van der Waals surface area (Å²) in [5, 5.41) is 14.9.